The van der Waals surface area contributed by atoms with Crippen LogP contribution in [0.3, 0.4) is 0 Å². The van der Waals surface area contributed by atoms with Crippen molar-refractivity contribution in [3.05, 3.63) is 66.0 Å². The fraction of sp³-hybridized carbons (Fsp3) is 0.417. The predicted molar refractivity (Wildman–Crippen MR) is 137 cm³/mol. The predicted octanol–water partition coefficient (Wildman–Crippen LogP) is 4.06. The van der Waals surface area contributed by atoms with E-state index in [4.69, 9.17) is 4.99 Å². The molecule has 166 valence electrons. The van der Waals surface area contributed by atoms with Crippen molar-refractivity contribution >= 4 is 41.0 Å². The Labute approximate surface area is 201 Å². The molecule has 31 heavy (non-hydrogen) atoms. The van der Waals surface area contributed by atoms with Crippen LogP contribution in [0.25, 0.3) is 11.0 Å². The van der Waals surface area contributed by atoms with Crippen LogP contribution in [-0.4, -0.2) is 39.3 Å². The molecule has 0 unspecified atom stereocenters. The molecule has 1 heterocycles. The Hall–Kier alpha value is -2.13. The second-order valence-corrected chi connectivity index (χ2v) is 8.02. The van der Waals surface area contributed by atoms with Crippen LogP contribution >= 0.6 is 24.0 Å². The fourth-order valence-electron chi connectivity index (χ4n) is 3.99. The first-order chi connectivity index (χ1) is 14.7. The molecule has 0 aliphatic heterocycles. The molecule has 0 radical (unpaired) electrons. The highest BCUT2D eigenvalue weighted by atomic mass is 127. The Balaban J connectivity index is 0.00000272. The largest absolute Gasteiger partial charge is 0.393 e. The standard InChI is InChI=1S/C24H31N5O.HI/c1-2-25-24(28-20-11-13-21(30)14-12-20)26-15-18-7-9-19(10-8-18)16-29-17-27-22-5-3-4-6-23(22)29;/h3-10,17,20-21,30H,2,11-16H2,1H3,(H2,25,26,28);1H. The number of halogens is 1. The van der Waals surface area contributed by atoms with Gasteiger partial charge < -0.3 is 20.3 Å². The number of fused-ring (bicyclic) bond motifs is 1. The van der Waals surface area contributed by atoms with Crippen molar-refractivity contribution in [2.45, 2.75) is 57.8 Å². The Morgan fingerprint density at radius 3 is 2.52 bits per heavy atom. The number of aromatic nitrogens is 2. The monoisotopic (exact) mass is 533 g/mol. The van der Waals surface area contributed by atoms with E-state index in [2.05, 4.69) is 57.4 Å². The highest BCUT2D eigenvalue weighted by molar-refractivity contribution is 14.0. The van der Waals surface area contributed by atoms with Crippen LogP contribution < -0.4 is 10.6 Å². The summed E-state index contributed by atoms with van der Waals surface area (Å²) in [6, 6.07) is 17.2. The summed E-state index contributed by atoms with van der Waals surface area (Å²) >= 11 is 0. The molecule has 0 bridgehead atoms. The molecule has 4 rings (SSSR count). The Morgan fingerprint density at radius 1 is 1.06 bits per heavy atom. The molecule has 7 heteroatoms. The number of imidazole rings is 1. The number of hydrogen-bond acceptors (Lipinski definition) is 3. The minimum atomic E-state index is -0.138. The number of nitrogens with zero attached hydrogens (tertiary/aromatic N) is 3. The van der Waals surface area contributed by atoms with Gasteiger partial charge in [-0.05, 0) is 55.9 Å². The summed E-state index contributed by atoms with van der Waals surface area (Å²) in [5, 5.41) is 16.6. The second kappa shape index (κ2) is 11.5. The molecule has 1 aromatic heterocycles. The number of guanidine groups is 1. The van der Waals surface area contributed by atoms with E-state index < -0.39 is 0 Å². The topological polar surface area (TPSA) is 74.5 Å². The Bertz CT molecular complexity index is 977. The van der Waals surface area contributed by atoms with E-state index in [1.807, 2.05) is 24.5 Å². The van der Waals surface area contributed by atoms with Crippen LogP contribution in [-0.2, 0) is 13.1 Å². The van der Waals surface area contributed by atoms with E-state index in [-0.39, 0.29) is 30.1 Å². The van der Waals surface area contributed by atoms with E-state index in [0.29, 0.717) is 12.6 Å². The summed E-state index contributed by atoms with van der Waals surface area (Å²) in [6.45, 7) is 4.36. The lowest BCUT2D eigenvalue weighted by molar-refractivity contribution is 0.120. The average Bonchev–Trinajstić information content (AvgIpc) is 3.18. The molecule has 6 nitrogen and oxygen atoms in total. The zero-order chi connectivity index (χ0) is 20.8. The normalized spacial score (nSPS) is 19.1. The van der Waals surface area contributed by atoms with E-state index in [1.165, 1.54) is 11.1 Å². The number of benzene rings is 2. The quantitative estimate of drug-likeness (QED) is 0.254. The molecule has 3 N–H and O–H groups in total. The van der Waals surface area contributed by atoms with Gasteiger partial charge in [0, 0.05) is 19.1 Å². The van der Waals surface area contributed by atoms with Crippen molar-refractivity contribution < 1.29 is 5.11 Å². The van der Waals surface area contributed by atoms with Crippen molar-refractivity contribution in [1.29, 1.82) is 0 Å². The average molecular weight is 533 g/mol. The summed E-state index contributed by atoms with van der Waals surface area (Å²) in [4.78, 5) is 9.23. The lowest BCUT2D eigenvalue weighted by Crippen LogP contribution is -2.45. The number of para-hydroxylation sites is 2. The van der Waals surface area contributed by atoms with Gasteiger partial charge in [-0.3, -0.25) is 0 Å². The molecule has 1 fully saturated rings. The number of aliphatic imine (C=N–C) groups is 1. The Morgan fingerprint density at radius 2 is 1.77 bits per heavy atom. The molecule has 1 aliphatic rings. The first-order valence-corrected chi connectivity index (χ1v) is 10.9. The van der Waals surface area contributed by atoms with Gasteiger partial charge in [0.2, 0.25) is 0 Å². The second-order valence-electron chi connectivity index (χ2n) is 8.02. The van der Waals surface area contributed by atoms with Gasteiger partial charge in [-0.2, -0.15) is 0 Å². The number of hydrogen-bond donors (Lipinski definition) is 3. The first-order valence-electron chi connectivity index (χ1n) is 10.9. The SMILES string of the molecule is CCNC(=NCc1ccc(Cn2cnc3ccccc32)cc1)NC1CCC(O)CC1.I. The van der Waals surface area contributed by atoms with Gasteiger partial charge in [-0.1, -0.05) is 36.4 Å². The number of aliphatic hydroxyl groups excluding tert-OH is 1. The maximum atomic E-state index is 9.69. The van der Waals surface area contributed by atoms with Crippen molar-refractivity contribution in [2.24, 2.45) is 4.99 Å². The summed E-state index contributed by atoms with van der Waals surface area (Å²) in [7, 11) is 0. The van der Waals surface area contributed by atoms with Crippen LogP contribution in [0.15, 0.2) is 59.9 Å². The molecule has 0 amide bonds. The van der Waals surface area contributed by atoms with Crippen molar-refractivity contribution in [3.63, 3.8) is 0 Å². The summed E-state index contributed by atoms with van der Waals surface area (Å²) in [6.07, 6.45) is 5.48. The van der Waals surface area contributed by atoms with E-state index in [0.717, 1.165) is 55.8 Å². The lowest BCUT2D eigenvalue weighted by atomic mass is 9.93. The van der Waals surface area contributed by atoms with Crippen molar-refractivity contribution in [1.82, 2.24) is 20.2 Å². The fourth-order valence-corrected chi connectivity index (χ4v) is 3.99. The minimum Gasteiger partial charge on any atom is -0.393 e. The zero-order valence-electron chi connectivity index (χ0n) is 18.0. The minimum absolute atomic E-state index is 0. The maximum absolute atomic E-state index is 9.69. The molecule has 2 aromatic carbocycles. The van der Waals surface area contributed by atoms with Crippen LogP contribution in [0.2, 0.25) is 0 Å². The van der Waals surface area contributed by atoms with E-state index in [1.54, 1.807) is 0 Å². The Kier molecular flexibility index (Phi) is 8.71. The third-order valence-electron chi connectivity index (χ3n) is 5.70. The van der Waals surface area contributed by atoms with Crippen LogP contribution in [0.4, 0.5) is 0 Å². The van der Waals surface area contributed by atoms with Gasteiger partial charge in [-0.15, -0.1) is 24.0 Å². The molecule has 0 saturated heterocycles. The van der Waals surface area contributed by atoms with Gasteiger partial charge in [0.25, 0.3) is 0 Å². The van der Waals surface area contributed by atoms with Gasteiger partial charge in [0.15, 0.2) is 5.96 Å². The third kappa shape index (κ3) is 6.43. The maximum Gasteiger partial charge on any atom is 0.191 e. The third-order valence-corrected chi connectivity index (χ3v) is 5.70. The molecular weight excluding hydrogens is 501 g/mol. The summed E-state index contributed by atoms with van der Waals surface area (Å²) in [5.41, 5.74) is 4.62. The van der Waals surface area contributed by atoms with Crippen molar-refractivity contribution in [2.75, 3.05) is 6.54 Å². The summed E-state index contributed by atoms with van der Waals surface area (Å²) in [5.74, 6) is 0.854. The molecule has 1 saturated carbocycles. The van der Waals surface area contributed by atoms with Gasteiger partial charge in [-0.25, -0.2) is 9.98 Å². The highest BCUT2D eigenvalue weighted by Gasteiger charge is 2.19. The molecule has 1 aliphatic carbocycles. The van der Waals surface area contributed by atoms with E-state index in [9.17, 15) is 5.11 Å². The van der Waals surface area contributed by atoms with Crippen LogP contribution in [0.5, 0.6) is 0 Å². The molecule has 3 aromatic rings. The van der Waals surface area contributed by atoms with Crippen LogP contribution in [0.1, 0.15) is 43.7 Å². The lowest BCUT2D eigenvalue weighted by Gasteiger charge is -2.27. The zero-order valence-corrected chi connectivity index (χ0v) is 20.3. The molecule has 0 spiro atoms. The number of rotatable bonds is 6. The van der Waals surface area contributed by atoms with E-state index >= 15 is 0 Å². The van der Waals surface area contributed by atoms with Gasteiger partial charge >= 0.3 is 0 Å². The van der Waals surface area contributed by atoms with Crippen molar-refractivity contribution in [3.8, 4) is 0 Å². The number of nitrogens with one attached hydrogen (secondary N) is 2. The smallest absolute Gasteiger partial charge is 0.191 e. The molecular formula is C24H32IN5O. The van der Waals surface area contributed by atoms with Gasteiger partial charge in [0.05, 0.1) is 30.0 Å². The van der Waals surface area contributed by atoms with Gasteiger partial charge in [0.1, 0.15) is 0 Å². The van der Waals surface area contributed by atoms with Crippen LogP contribution in [0, 0.1) is 0 Å². The first kappa shape index (κ1) is 23.5. The molecule has 0 atom stereocenters. The highest BCUT2D eigenvalue weighted by Crippen LogP contribution is 2.18. The number of aliphatic hydroxyl groups is 1. The summed E-state index contributed by atoms with van der Waals surface area (Å²) < 4.78 is 2.18.